The Morgan fingerprint density at radius 3 is 2.55 bits per heavy atom. The van der Waals surface area contributed by atoms with Crippen LogP contribution in [0.15, 0.2) is 60.9 Å². The first kappa shape index (κ1) is 21.2. The number of nitrogens with zero attached hydrogens (tertiary/aromatic N) is 3. The standard InChI is InChI=1S/C26H32N4O/c1-19-5-4-15-30(17-19)25-12-10-23(11-13-25)20(2)28-26(31)24-8-6-22(7-9-24)18-29-16-14-27-21(29)3/h6-14,16,19-20H,4-5,15,17-18H2,1-3H3,(H,28,31)/t19-,20+/m1/s1. The number of hydrogen-bond donors (Lipinski definition) is 1. The zero-order chi connectivity index (χ0) is 21.8. The molecule has 31 heavy (non-hydrogen) atoms. The van der Waals surface area contributed by atoms with Crippen LogP contribution in [0, 0.1) is 12.8 Å². The van der Waals surface area contributed by atoms with E-state index in [1.165, 1.54) is 18.5 Å². The quantitative estimate of drug-likeness (QED) is 0.617. The molecule has 0 spiro atoms. The van der Waals surface area contributed by atoms with Crippen LogP contribution >= 0.6 is 0 Å². The van der Waals surface area contributed by atoms with Gasteiger partial charge >= 0.3 is 0 Å². The molecule has 1 aromatic heterocycles. The molecule has 2 aromatic carbocycles. The number of carbonyl (C=O) groups excluding carboxylic acids is 1. The lowest BCUT2D eigenvalue weighted by Crippen LogP contribution is -2.34. The van der Waals surface area contributed by atoms with Crippen LogP contribution < -0.4 is 10.2 Å². The number of amides is 1. The SMILES string of the molecule is Cc1nccn1Cc1ccc(C(=O)N[C@@H](C)c2ccc(N3CCC[C@@H](C)C3)cc2)cc1. The Labute approximate surface area is 185 Å². The van der Waals surface area contributed by atoms with E-state index in [1.807, 2.05) is 44.3 Å². The number of benzene rings is 2. The fraction of sp³-hybridized carbons (Fsp3) is 0.385. The van der Waals surface area contributed by atoms with E-state index in [9.17, 15) is 4.79 Å². The minimum atomic E-state index is -0.0493. The lowest BCUT2D eigenvalue weighted by atomic mass is 9.99. The van der Waals surface area contributed by atoms with Gasteiger partial charge in [-0.15, -0.1) is 0 Å². The van der Waals surface area contributed by atoms with Gasteiger partial charge in [0.05, 0.1) is 6.04 Å². The number of aryl methyl sites for hydroxylation is 1. The third-order valence-electron chi connectivity index (χ3n) is 6.26. The van der Waals surface area contributed by atoms with Crippen molar-refractivity contribution in [1.29, 1.82) is 0 Å². The van der Waals surface area contributed by atoms with Gasteiger partial charge in [-0.3, -0.25) is 4.79 Å². The summed E-state index contributed by atoms with van der Waals surface area (Å²) in [6, 6.07) is 16.4. The van der Waals surface area contributed by atoms with Crippen molar-refractivity contribution in [2.24, 2.45) is 5.92 Å². The largest absolute Gasteiger partial charge is 0.371 e. The molecule has 1 aliphatic heterocycles. The van der Waals surface area contributed by atoms with Crippen LogP contribution in [-0.2, 0) is 6.54 Å². The second-order valence-electron chi connectivity index (χ2n) is 8.78. The molecule has 0 aliphatic carbocycles. The van der Waals surface area contributed by atoms with E-state index in [0.29, 0.717) is 5.56 Å². The van der Waals surface area contributed by atoms with E-state index >= 15 is 0 Å². The summed E-state index contributed by atoms with van der Waals surface area (Å²) < 4.78 is 2.09. The topological polar surface area (TPSA) is 50.2 Å². The van der Waals surface area contributed by atoms with E-state index in [2.05, 4.69) is 51.0 Å². The highest BCUT2D eigenvalue weighted by molar-refractivity contribution is 5.94. The molecule has 1 N–H and O–H groups in total. The number of rotatable bonds is 6. The van der Waals surface area contributed by atoms with Gasteiger partial charge in [-0.2, -0.15) is 0 Å². The predicted molar refractivity (Wildman–Crippen MR) is 125 cm³/mol. The molecular weight excluding hydrogens is 384 g/mol. The van der Waals surface area contributed by atoms with Crippen molar-refractivity contribution < 1.29 is 4.79 Å². The summed E-state index contributed by atoms with van der Waals surface area (Å²) in [6.07, 6.45) is 6.35. The van der Waals surface area contributed by atoms with Crippen molar-refractivity contribution in [1.82, 2.24) is 14.9 Å². The molecule has 1 amide bonds. The molecule has 2 heterocycles. The summed E-state index contributed by atoms with van der Waals surface area (Å²) in [5, 5.41) is 3.12. The average molecular weight is 417 g/mol. The van der Waals surface area contributed by atoms with Crippen LogP contribution in [0.25, 0.3) is 0 Å². The van der Waals surface area contributed by atoms with Crippen molar-refractivity contribution in [2.45, 2.75) is 46.2 Å². The van der Waals surface area contributed by atoms with Crippen LogP contribution in [-0.4, -0.2) is 28.5 Å². The third kappa shape index (κ3) is 5.16. The Hall–Kier alpha value is -3.08. The maximum absolute atomic E-state index is 12.7. The Bertz CT molecular complexity index is 1010. The van der Waals surface area contributed by atoms with Crippen LogP contribution in [0.3, 0.4) is 0 Å². The number of piperidine rings is 1. The third-order valence-corrected chi connectivity index (χ3v) is 6.26. The Kier molecular flexibility index (Phi) is 6.40. The molecule has 5 heteroatoms. The number of anilines is 1. The van der Waals surface area contributed by atoms with Crippen molar-refractivity contribution >= 4 is 11.6 Å². The highest BCUT2D eigenvalue weighted by atomic mass is 16.1. The van der Waals surface area contributed by atoms with Crippen LogP contribution in [0.1, 0.15) is 60.0 Å². The lowest BCUT2D eigenvalue weighted by molar-refractivity contribution is 0.0940. The van der Waals surface area contributed by atoms with E-state index < -0.39 is 0 Å². The summed E-state index contributed by atoms with van der Waals surface area (Å²) in [4.78, 5) is 19.4. The molecular formula is C26H32N4O. The van der Waals surface area contributed by atoms with Gasteiger partial charge in [0.25, 0.3) is 5.91 Å². The lowest BCUT2D eigenvalue weighted by Gasteiger charge is -2.33. The van der Waals surface area contributed by atoms with Gasteiger partial charge in [0.15, 0.2) is 0 Å². The molecule has 0 saturated carbocycles. The van der Waals surface area contributed by atoms with Gasteiger partial charge in [0.2, 0.25) is 0 Å². The van der Waals surface area contributed by atoms with Crippen molar-refractivity contribution in [2.75, 3.05) is 18.0 Å². The number of nitrogens with one attached hydrogen (secondary N) is 1. The molecule has 0 unspecified atom stereocenters. The van der Waals surface area contributed by atoms with E-state index in [1.54, 1.807) is 6.20 Å². The second kappa shape index (κ2) is 9.38. The first-order valence-electron chi connectivity index (χ1n) is 11.2. The first-order valence-corrected chi connectivity index (χ1v) is 11.2. The summed E-state index contributed by atoms with van der Waals surface area (Å²) in [5.74, 6) is 1.69. The minimum Gasteiger partial charge on any atom is -0.371 e. The van der Waals surface area contributed by atoms with E-state index in [-0.39, 0.29) is 11.9 Å². The number of carbonyl (C=O) groups is 1. The average Bonchev–Trinajstić information content (AvgIpc) is 3.18. The van der Waals surface area contributed by atoms with E-state index in [4.69, 9.17) is 0 Å². The molecule has 1 fully saturated rings. The fourth-order valence-electron chi connectivity index (χ4n) is 4.29. The Balaban J connectivity index is 1.35. The van der Waals surface area contributed by atoms with Gasteiger partial charge in [-0.1, -0.05) is 31.2 Å². The molecule has 0 bridgehead atoms. The maximum Gasteiger partial charge on any atom is 0.251 e. The zero-order valence-corrected chi connectivity index (χ0v) is 18.7. The number of aromatic nitrogens is 2. The highest BCUT2D eigenvalue weighted by Gasteiger charge is 2.17. The van der Waals surface area contributed by atoms with Crippen LogP contribution in [0.2, 0.25) is 0 Å². The van der Waals surface area contributed by atoms with Gasteiger partial charge < -0.3 is 14.8 Å². The van der Waals surface area contributed by atoms with Crippen molar-refractivity contribution in [3.05, 3.63) is 83.4 Å². The summed E-state index contributed by atoms with van der Waals surface area (Å²) in [6.45, 7) is 9.36. The molecule has 3 aromatic rings. The van der Waals surface area contributed by atoms with Crippen molar-refractivity contribution in [3.63, 3.8) is 0 Å². The number of imidazole rings is 1. The minimum absolute atomic E-state index is 0.0462. The molecule has 2 atom stereocenters. The summed E-state index contributed by atoms with van der Waals surface area (Å²) in [7, 11) is 0. The monoisotopic (exact) mass is 416 g/mol. The van der Waals surface area contributed by atoms with Gasteiger partial charge in [0, 0.05) is 43.3 Å². The van der Waals surface area contributed by atoms with E-state index in [0.717, 1.165) is 42.5 Å². The Morgan fingerprint density at radius 2 is 1.90 bits per heavy atom. The fourth-order valence-corrected chi connectivity index (χ4v) is 4.29. The van der Waals surface area contributed by atoms with Gasteiger partial charge in [-0.05, 0) is 68.0 Å². The molecule has 5 nitrogen and oxygen atoms in total. The molecule has 162 valence electrons. The maximum atomic E-state index is 12.7. The van der Waals surface area contributed by atoms with Crippen LogP contribution in [0.4, 0.5) is 5.69 Å². The second-order valence-corrected chi connectivity index (χ2v) is 8.78. The summed E-state index contributed by atoms with van der Waals surface area (Å²) >= 11 is 0. The molecule has 1 saturated heterocycles. The molecule has 0 radical (unpaired) electrons. The van der Waals surface area contributed by atoms with Gasteiger partial charge in [0.1, 0.15) is 5.82 Å². The smallest absolute Gasteiger partial charge is 0.251 e. The highest BCUT2D eigenvalue weighted by Crippen LogP contribution is 2.24. The molecule has 1 aliphatic rings. The Morgan fingerprint density at radius 1 is 1.16 bits per heavy atom. The van der Waals surface area contributed by atoms with Gasteiger partial charge in [-0.25, -0.2) is 4.98 Å². The zero-order valence-electron chi connectivity index (χ0n) is 18.7. The number of hydrogen-bond acceptors (Lipinski definition) is 3. The normalized spacial score (nSPS) is 17.4. The van der Waals surface area contributed by atoms with Crippen LogP contribution in [0.5, 0.6) is 0 Å². The summed E-state index contributed by atoms with van der Waals surface area (Å²) in [5.41, 5.74) is 4.22. The molecule has 4 rings (SSSR count). The predicted octanol–water partition coefficient (Wildman–Crippen LogP) is 4.97. The van der Waals surface area contributed by atoms with Crippen molar-refractivity contribution in [3.8, 4) is 0 Å². The first-order chi connectivity index (χ1) is 15.0.